The summed E-state index contributed by atoms with van der Waals surface area (Å²) in [5, 5.41) is 0. The molecule has 0 saturated heterocycles. The Hall–Kier alpha value is -1.13. The van der Waals surface area contributed by atoms with Crippen LogP contribution in [0.25, 0.3) is 0 Å². The van der Waals surface area contributed by atoms with E-state index < -0.39 is 0 Å². The predicted molar refractivity (Wildman–Crippen MR) is 85.1 cm³/mol. The number of ether oxygens (including phenoxy) is 1. The highest BCUT2D eigenvalue weighted by Gasteiger charge is 2.33. The van der Waals surface area contributed by atoms with Crippen molar-refractivity contribution >= 4 is 5.69 Å². The standard InChI is InChI=1S/C17H27FN2O/c1-11-9-17(15(12(2)19)10-16(11)18)20(7-8-21-4)13(3)14-5-6-14/h9-10,12-14H,5-8,19H2,1-4H3/t12-,13?/m0/s1. The maximum absolute atomic E-state index is 13.9. The summed E-state index contributed by atoms with van der Waals surface area (Å²) in [7, 11) is 1.71. The van der Waals surface area contributed by atoms with Gasteiger partial charge in [-0.15, -0.1) is 0 Å². The summed E-state index contributed by atoms with van der Waals surface area (Å²) >= 11 is 0. The molecule has 1 aromatic rings. The first-order valence-electron chi connectivity index (χ1n) is 7.77. The molecule has 2 N–H and O–H groups in total. The van der Waals surface area contributed by atoms with Gasteiger partial charge >= 0.3 is 0 Å². The van der Waals surface area contributed by atoms with Gasteiger partial charge in [0.15, 0.2) is 0 Å². The van der Waals surface area contributed by atoms with E-state index in [2.05, 4.69) is 11.8 Å². The molecule has 1 unspecified atom stereocenters. The van der Waals surface area contributed by atoms with Gasteiger partial charge in [-0.1, -0.05) is 0 Å². The van der Waals surface area contributed by atoms with E-state index in [4.69, 9.17) is 10.5 Å². The van der Waals surface area contributed by atoms with Gasteiger partial charge < -0.3 is 15.4 Å². The molecule has 0 heterocycles. The highest BCUT2D eigenvalue weighted by molar-refractivity contribution is 5.58. The second kappa shape index (κ2) is 6.75. The van der Waals surface area contributed by atoms with Crippen LogP contribution in [-0.2, 0) is 4.74 Å². The quantitative estimate of drug-likeness (QED) is 0.837. The van der Waals surface area contributed by atoms with Gasteiger partial charge in [0, 0.05) is 31.4 Å². The average molecular weight is 294 g/mol. The minimum Gasteiger partial charge on any atom is -0.383 e. The third-order valence-corrected chi connectivity index (χ3v) is 4.44. The lowest BCUT2D eigenvalue weighted by atomic mass is 10.0. The molecule has 4 heteroatoms. The Morgan fingerprint density at radius 3 is 2.57 bits per heavy atom. The lowest BCUT2D eigenvalue weighted by Crippen LogP contribution is -2.38. The van der Waals surface area contributed by atoms with Crippen LogP contribution in [-0.4, -0.2) is 26.3 Å². The third-order valence-electron chi connectivity index (χ3n) is 4.44. The highest BCUT2D eigenvalue weighted by Crippen LogP contribution is 2.39. The van der Waals surface area contributed by atoms with Crippen LogP contribution >= 0.6 is 0 Å². The molecule has 2 atom stereocenters. The van der Waals surface area contributed by atoms with Crippen LogP contribution in [0, 0.1) is 18.7 Å². The molecule has 2 rings (SSSR count). The smallest absolute Gasteiger partial charge is 0.126 e. The molecule has 0 radical (unpaired) electrons. The highest BCUT2D eigenvalue weighted by atomic mass is 19.1. The first kappa shape index (κ1) is 16.2. The van der Waals surface area contributed by atoms with Crippen LogP contribution in [0.1, 0.15) is 43.9 Å². The van der Waals surface area contributed by atoms with Crippen molar-refractivity contribution in [2.45, 2.75) is 45.7 Å². The molecular formula is C17H27FN2O. The Morgan fingerprint density at radius 2 is 2.05 bits per heavy atom. The summed E-state index contributed by atoms with van der Waals surface area (Å²) in [6, 6.07) is 3.77. The molecule has 118 valence electrons. The van der Waals surface area contributed by atoms with E-state index in [0.29, 0.717) is 18.2 Å². The summed E-state index contributed by atoms with van der Waals surface area (Å²) < 4.78 is 19.2. The SMILES string of the molecule is COCCN(c1cc(C)c(F)cc1[C@H](C)N)C(C)C1CC1. The maximum atomic E-state index is 13.9. The van der Waals surface area contributed by atoms with Crippen LogP contribution in [0.3, 0.4) is 0 Å². The Labute approximate surface area is 127 Å². The number of hydrogen-bond donors (Lipinski definition) is 1. The number of nitrogens with two attached hydrogens (primary N) is 1. The number of hydrogen-bond acceptors (Lipinski definition) is 3. The lowest BCUT2D eigenvalue weighted by molar-refractivity contribution is 0.202. The molecule has 0 aliphatic heterocycles. The zero-order valence-electron chi connectivity index (χ0n) is 13.5. The number of aryl methyl sites for hydroxylation is 1. The number of rotatable bonds is 7. The molecular weight excluding hydrogens is 267 g/mol. The first-order valence-corrected chi connectivity index (χ1v) is 7.77. The molecule has 1 aromatic carbocycles. The molecule has 0 aromatic heterocycles. The first-order chi connectivity index (χ1) is 9.95. The van der Waals surface area contributed by atoms with E-state index in [-0.39, 0.29) is 11.9 Å². The fourth-order valence-corrected chi connectivity index (χ4v) is 2.86. The normalized spacial score (nSPS) is 17.6. The van der Waals surface area contributed by atoms with Gasteiger partial charge in [-0.3, -0.25) is 0 Å². The van der Waals surface area contributed by atoms with Gasteiger partial charge in [-0.05, 0) is 62.8 Å². The Balaban J connectivity index is 2.39. The van der Waals surface area contributed by atoms with Crippen molar-refractivity contribution in [3.63, 3.8) is 0 Å². The van der Waals surface area contributed by atoms with E-state index in [0.717, 1.165) is 23.7 Å². The van der Waals surface area contributed by atoms with Crippen LogP contribution in [0.2, 0.25) is 0 Å². The fourth-order valence-electron chi connectivity index (χ4n) is 2.86. The minimum absolute atomic E-state index is 0.184. The molecule has 1 aliphatic rings. The van der Waals surface area contributed by atoms with Gasteiger partial charge in [0.25, 0.3) is 0 Å². The Morgan fingerprint density at radius 1 is 1.38 bits per heavy atom. The van der Waals surface area contributed by atoms with Crippen molar-refractivity contribution in [3.8, 4) is 0 Å². The summed E-state index contributed by atoms with van der Waals surface area (Å²) in [6.07, 6.45) is 2.55. The molecule has 1 saturated carbocycles. The lowest BCUT2D eigenvalue weighted by Gasteiger charge is -2.34. The van der Waals surface area contributed by atoms with Crippen molar-refractivity contribution in [2.75, 3.05) is 25.2 Å². The molecule has 0 spiro atoms. The van der Waals surface area contributed by atoms with Crippen molar-refractivity contribution in [1.29, 1.82) is 0 Å². The Kier molecular flexibility index (Phi) is 5.22. The topological polar surface area (TPSA) is 38.5 Å². The van der Waals surface area contributed by atoms with E-state index in [1.54, 1.807) is 20.1 Å². The zero-order chi connectivity index (χ0) is 15.6. The molecule has 3 nitrogen and oxygen atoms in total. The van der Waals surface area contributed by atoms with Crippen molar-refractivity contribution in [2.24, 2.45) is 11.7 Å². The molecule has 1 fully saturated rings. The van der Waals surface area contributed by atoms with Gasteiger partial charge in [-0.25, -0.2) is 4.39 Å². The van der Waals surface area contributed by atoms with Crippen LogP contribution in [0.4, 0.5) is 10.1 Å². The summed E-state index contributed by atoms with van der Waals surface area (Å²) in [5.74, 6) is 0.546. The monoisotopic (exact) mass is 294 g/mol. The van der Waals surface area contributed by atoms with Gasteiger partial charge in [0.2, 0.25) is 0 Å². The van der Waals surface area contributed by atoms with E-state index in [9.17, 15) is 4.39 Å². The summed E-state index contributed by atoms with van der Waals surface area (Å²) in [4.78, 5) is 2.34. The molecule has 21 heavy (non-hydrogen) atoms. The Bertz CT molecular complexity index is 486. The van der Waals surface area contributed by atoms with Crippen molar-refractivity contribution in [3.05, 3.63) is 29.1 Å². The number of nitrogens with zero attached hydrogens (tertiary/aromatic N) is 1. The number of halogens is 1. The predicted octanol–water partition coefficient (Wildman–Crippen LogP) is 3.41. The molecule has 0 bridgehead atoms. The van der Waals surface area contributed by atoms with E-state index >= 15 is 0 Å². The minimum atomic E-state index is -0.188. The third kappa shape index (κ3) is 3.74. The summed E-state index contributed by atoms with van der Waals surface area (Å²) in [5.41, 5.74) is 8.67. The van der Waals surface area contributed by atoms with Crippen molar-refractivity contribution < 1.29 is 9.13 Å². The number of benzene rings is 1. The fraction of sp³-hybridized carbons (Fsp3) is 0.647. The second-order valence-electron chi connectivity index (χ2n) is 6.21. The van der Waals surface area contributed by atoms with Crippen LogP contribution < -0.4 is 10.6 Å². The van der Waals surface area contributed by atoms with Gasteiger partial charge in [-0.2, -0.15) is 0 Å². The van der Waals surface area contributed by atoms with Gasteiger partial charge in [0.05, 0.1) is 6.61 Å². The molecule has 0 amide bonds. The van der Waals surface area contributed by atoms with E-state index in [1.807, 2.05) is 13.0 Å². The number of methoxy groups -OCH3 is 1. The van der Waals surface area contributed by atoms with Crippen LogP contribution in [0.15, 0.2) is 12.1 Å². The average Bonchev–Trinajstić information content (AvgIpc) is 3.26. The van der Waals surface area contributed by atoms with E-state index in [1.165, 1.54) is 12.8 Å². The number of anilines is 1. The van der Waals surface area contributed by atoms with Crippen LogP contribution in [0.5, 0.6) is 0 Å². The zero-order valence-corrected chi connectivity index (χ0v) is 13.5. The largest absolute Gasteiger partial charge is 0.383 e. The van der Waals surface area contributed by atoms with Crippen molar-refractivity contribution in [1.82, 2.24) is 0 Å². The second-order valence-corrected chi connectivity index (χ2v) is 6.21. The summed E-state index contributed by atoms with van der Waals surface area (Å²) in [6.45, 7) is 7.42. The maximum Gasteiger partial charge on any atom is 0.126 e. The van der Waals surface area contributed by atoms with Gasteiger partial charge in [0.1, 0.15) is 5.82 Å². The molecule has 1 aliphatic carbocycles.